The van der Waals surface area contributed by atoms with Gasteiger partial charge in [0.2, 0.25) is 5.88 Å². The Kier molecular flexibility index (Phi) is 6.49. The first-order valence-electron chi connectivity index (χ1n) is 8.90. The highest BCUT2D eigenvalue weighted by Gasteiger charge is 2.12. The van der Waals surface area contributed by atoms with Crippen molar-refractivity contribution < 1.29 is 13.5 Å². The first-order valence-corrected chi connectivity index (χ1v) is 8.90. The summed E-state index contributed by atoms with van der Waals surface area (Å²) < 4.78 is 32.1. The number of hydrogen-bond acceptors (Lipinski definition) is 5. The number of hydrogen-bond donors (Lipinski definition) is 0. The Hall–Kier alpha value is -3.06. The van der Waals surface area contributed by atoms with E-state index in [9.17, 15) is 8.78 Å². The van der Waals surface area contributed by atoms with E-state index in [4.69, 9.17) is 4.74 Å². The van der Waals surface area contributed by atoms with Crippen molar-refractivity contribution in [1.82, 2.24) is 14.9 Å². The molecule has 0 N–H and O–H groups in total. The maximum Gasteiger partial charge on any atom is 0.224 e. The fourth-order valence-corrected chi connectivity index (χ4v) is 2.62. The Bertz CT molecular complexity index is 906. The van der Waals surface area contributed by atoms with Gasteiger partial charge in [-0.1, -0.05) is 30.3 Å². The van der Waals surface area contributed by atoms with Crippen molar-refractivity contribution in [2.75, 3.05) is 32.1 Å². The molecule has 146 valence electrons. The second-order valence-corrected chi connectivity index (χ2v) is 6.60. The topological polar surface area (TPSA) is 41.5 Å². The third-order valence-corrected chi connectivity index (χ3v) is 4.10. The summed E-state index contributed by atoms with van der Waals surface area (Å²) in [4.78, 5) is 12.7. The Morgan fingerprint density at radius 2 is 1.68 bits per heavy atom. The van der Waals surface area contributed by atoms with Gasteiger partial charge in [0, 0.05) is 31.8 Å². The minimum Gasteiger partial charge on any atom is -0.439 e. The lowest BCUT2D eigenvalue weighted by Crippen LogP contribution is -2.32. The Morgan fingerprint density at radius 1 is 0.893 bits per heavy atom. The van der Waals surface area contributed by atoms with Gasteiger partial charge in [-0.2, -0.15) is 0 Å². The zero-order chi connectivity index (χ0) is 19.9. The molecule has 0 aliphatic rings. The summed E-state index contributed by atoms with van der Waals surface area (Å²) in [6.07, 6.45) is 1.40. The fourth-order valence-electron chi connectivity index (χ4n) is 2.62. The van der Waals surface area contributed by atoms with Crippen LogP contribution >= 0.6 is 0 Å². The van der Waals surface area contributed by atoms with E-state index in [1.165, 1.54) is 12.4 Å². The summed E-state index contributed by atoms with van der Waals surface area (Å²) in [7, 11) is 4.02. The van der Waals surface area contributed by atoms with Crippen molar-refractivity contribution in [2.45, 2.75) is 6.54 Å². The molecule has 2 aromatic carbocycles. The summed E-state index contributed by atoms with van der Waals surface area (Å²) in [5.74, 6) is -0.763. The quantitative estimate of drug-likeness (QED) is 0.585. The minimum atomic E-state index is -0.969. The normalized spacial score (nSPS) is 10.9. The van der Waals surface area contributed by atoms with E-state index >= 15 is 0 Å². The minimum absolute atomic E-state index is 0.173. The highest BCUT2D eigenvalue weighted by atomic mass is 19.2. The summed E-state index contributed by atoms with van der Waals surface area (Å²) in [6.45, 7) is 2.27. The molecule has 7 heteroatoms. The second kappa shape index (κ2) is 9.23. The molecule has 0 fully saturated rings. The van der Waals surface area contributed by atoms with E-state index in [-0.39, 0.29) is 11.6 Å². The van der Waals surface area contributed by atoms with Crippen molar-refractivity contribution >= 4 is 5.82 Å². The van der Waals surface area contributed by atoms with Gasteiger partial charge < -0.3 is 14.5 Å². The average Bonchev–Trinajstić information content (AvgIpc) is 2.69. The number of halogens is 2. The van der Waals surface area contributed by atoms with Gasteiger partial charge in [-0.25, -0.2) is 18.7 Å². The van der Waals surface area contributed by atoms with Crippen LogP contribution in [0.5, 0.6) is 11.6 Å². The maximum atomic E-state index is 13.4. The number of anilines is 1. The van der Waals surface area contributed by atoms with E-state index in [1.54, 1.807) is 6.07 Å². The molecule has 28 heavy (non-hydrogen) atoms. The zero-order valence-electron chi connectivity index (χ0n) is 15.8. The highest BCUT2D eigenvalue weighted by Crippen LogP contribution is 2.24. The van der Waals surface area contributed by atoms with Gasteiger partial charge in [0.05, 0.1) is 0 Å². The van der Waals surface area contributed by atoms with Crippen LogP contribution in [-0.4, -0.2) is 42.1 Å². The monoisotopic (exact) mass is 384 g/mol. The van der Waals surface area contributed by atoms with Gasteiger partial charge >= 0.3 is 0 Å². The highest BCUT2D eigenvalue weighted by molar-refractivity contribution is 5.43. The molecule has 0 aliphatic carbocycles. The predicted molar refractivity (Wildman–Crippen MR) is 105 cm³/mol. The van der Waals surface area contributed by atoms with Crippen LogP contribution in [0, 0.1) is 11.6 Å². The lowest BCUT2D eigenvalue weighted by Gasteiger charge is -2.25. The molecular weight excluding hydrogens is 362 g/mol. The fraction of sp³-hybridized carbons (Fsp3) is 0.238. The SMILES string of the molecule is CN(C)CCN(Cc1ccccc1)c1cc(Oc2ccc(F)c(F)c2)ncn1. The van der Waals surface area contributed by atoms with Crippen LogP contribution in [0.25, 0.3) is 0 Å². The predicted octanol–water partition coefficient (Wildman–Crippen LogP) is 4.12. The molecule has 3 aromatic rings. The van der Waals surface area contributed by atoms with Gasteiger partial charge in [-0.3, -0.25) is 0 Å². The Morgan fingerprint density at radius 3 is 2.39 bits per heavy atom. The standard InChI is InChI=1S/C21H22F2N4O/c1-26(2)10-11-27(14-16-6-4-3-5-7-16)20-13-21(25-15-24-20)28-17-8-9-18(22)19(23)12-17/h3-9,12-13,15H,10-11,14H2,1-2H3. The van der Waals surface area contributed by atoms with Gasteiger partial charge in [-0.15, -0.1) is 0 Å². The van der Waals surface area contributed by atoms with E-state index in [0.29, 0.717) is 12.4 Å². The maximum absolute atomic E-state index is 13.4. The summed E-state index contributed by atoms with van der Waals surface area (Å²) in [5, 5.41) is 0. The molecule has 0 aliphatic heterocycles. The van der Waals surface area contributed by atoms with E-state index in [1.807, 2.05) is 32.3 Å². The van der Waals surface area contributed by atoms with E-state index in [2.05, 4.69) is 31.9 Å². The molecule has 0 spiro atoms. The number of aromatic nitrogens is 2. The van der Waals surface area contributed by atoms with Gasteiger partial charge in [0.25, 0.3) is 0 Å². The van der Waals surface area contributed by atoms with Crippen molar-refractivity contribution in [1.29, 1.82) is 0 Å². The van der Waals surface area contributed by atoms with E-state index in [0.717, 1.165) is 30.8 Å². The van der Waals surface area contributed by atoms with Crippen LogP contribution in [-0.2, 0) is 6.54 Å². The van der Waals surface area contributed by atoms with Gasteiger partial charge in [0.15, 0.2) is 11.6 Å². The third kappa shape index (κ3) is 5.47. The number of likely N-dealkylation sites (N-methyl/N-ethyl adjacent to an activating group) is 1. The Labute approximate surface area is 163 Å². The summed E-state index contributed by atoms with van der Waals surface area (Å²) >= 11 is 0. The van der Waals surface area contributed by atoms with Gasteiger partial charge in [-0.05, 0) is 31.8 Å². The Balaban J connectivity index is 1.81. The molecule has 0 saturated carbocycles. The lowest BCUT2D eigenvalue weighted by molar-refractivity contribution is 0.411. The van der Waals surface area contributed by atoms with Crippen molar-refractivity contribution in [3.05, 3.63) is 78.1 Å². The first-order chi connectivity index (χ1) is 13.5. The van der Waals surface area contributed by atoms with Crippen LogP contribution in [0.15, 0.2) is 60.9 Å². The number of rotatable bonds is 8. The molecule has 1 heterocycles. The van der Waals surface area contributed by atoms with Crippen molar-refractivity contribution in [3.8, 4) is 11.6 Å². The lowest BCUT2D eigenvalue weighted by atomic mass is 10.2. The molecule has 5 nitrogen and oxygen atoms in total. The van der Waals surface area contributed by atoms with Crippen molar-refractivity contribution in [3.63, 3.8) is 0 Å². The van der Waals surface area contributed by atoms with Crippen LogP contribution in [0.1, 0.15) is 5.56 Å². The molecule has 0 bridgehead atoms. The van der Waals surface area contributed by atoms with Crippen LogP contribution in [0.3, 0.4) is 0 Å². The largest absolute Gasteiger partial charge is 0.439 e. The molecule has 0 radical (unpaired) electrons. The molecule has 3 rings (SSSR count). The molecule has 0 amide bonds. The summed E-state index contributed by atoms with van der Waals surface area (Å²) in [5.41, 5.74) is 1.16. The van der Waals surface area contributed by atoms with Crippen LogP contribution in [0.4, 0.5) is 14.6 Å². The van der Waals surface area contributed by atoms with Crippen LogP contribution in [0.2, 0.25) is 0 Å². The van der Waals surface area contributed by atoms with Crippen molar-refractivity contribution in [2.24, 2.45) is 0 Å². The third-order valence-electron chi connectivity index (χ3n) is 4.10. The zero-order valence-corrected chi connectivity index (χ0v) is 15.8. The average molecular weight is 384 g/mol. The second-order valence-electron chi connectivity index (χ2n) is 6.60. The molecular formula is C21H22F2N4O. The molecule has 1 aromatic heterocycles. The van der Waals surface area contributed by atoms with E-state index < -0.39 is 11.6 Å². The smallest absolute Gasteiger partial charge is 0.224 e. The van der Waals surface area contributed by atoms with Gasteiger partial charge in [0.1, 0.15) is 17.9 Å². The molecule has 0 unspecified atom stereocenters. The summed E-state index contributed by atoms with van der Waals surface area (Å²) in [6, 6.07) is 15.1. The molecule has 0 saturated heterocycles. The number of ether oxygens (including phenoxy) is 1. The first kappa shape index (κ1) is 19.7. The number of benzene rings is 2. The van der Waals surface area contributed by atoms with Crippen LogP contribution < -0.4 is 9.64 Å². The number of nitrogens with zero attached hydrogens (tertiary/aromatic N) is 4. The molecule has 0 atom stereocenters.